The van der Waals surface area contributed by atoms with Crippen LogP contribution in [-0.2, 0) is 0 Å². The summed E-state index contributed by atoms with van der Waals surface area (Å²) in [5, 5.41) is 14.7. The van der Waals surface area contributed by atoms with Gasteiger partial charge in [-0.25, -0.2) is 0 Å². The second-order valence-corrected chi connectivity index (χ2v) is 5.64. The summed E-state index contributed by atoms with van der Waals surface area (Å²) in [5.41, 5.74) is 3.38. The van der Waals surface area contributed by atoms with Crippen LogP contribution < -0.4 is 0 Å². The standard InChI is InChI=1S/C20H16O/c1-13(21)14-5-7-15(8-6-14)19-10-9-17-12-20(19)18-4-2-3-16(17)11-18/h2-13,21H,1H3. The first kappa shape index (κ1) is 12.4. The molecule has 4 aromatic carbocycles. The summed E-state index contributed by atoms with van der Waals surface area (Å²) in [7, 11) is 0. The zero-order valence-corrected chi connectivity index (χ0v) is 11.9. The molecule has 1 heteroatoms. The zero-order valence-electron chi connectivity index (χ0n) is 11.9. The Bertz CT molecular complexity index is 904. The Hall–Kier alpha value is -2.38. The van der Waals surface area contributed by atoms with Gasteiger partial charge in [0.15, 0.2) is 0 Å². The molecule has 0 aliphatic heterocycles. The molecule has 4 bridgehead atoms. The van der Waals surface area contributed by atoms with E-state index < -0.39 is 6.10 Å². The molecule has 0 aromatic heterocycles. The van der Waals surface area contributed by atoms with E-state index in [0.717, 1.165) is 5.56 Å². The molecule has 0 radical (unpaired) electrons. The van der Waals surface area contributed by atoms with E-state index in [1.165, 1.54) is 32.7 Å². The number of fused-ring (bicyclic) bond motifs is 6. The summed E-state index contributed by atoms with van der Waals surface area (Å²) in [4.78, 5) is 0. The number of hydrogen-bond acceptors (Lipinski definition) is 1. The smallest absolute Gasteiger partial charge is 0.0761 e. The molecule has 102 valence electrons. The number of benzene rings is 4. The normalized spacial score (nSPS) is 13.0. The van der Waals surface area contributed by atoms with E-state index in [9.17, 15) is 5.11 Å². The number of hydrogen-bond donors (Lipinski definition) is 1. The van der Waals surface area contributed by atoms with Crippen LogP contribution in [0.1, 0.15) is 18.6 Å². The fourth-order valence-electron chi connectivity index (χ4n) is 3.02. The lowest BCUT2D eigenvalue weighted by atomic mass is 9.93. The van der Waals surface area contributed by atoms with Crippen molar-refractivity contribution in [2.24, 2.45) is 0 Å². The quantitative estimate of drug-likeness (QED) is 0.535. The van der Waals surface area contributed by atoms with Crippen LogP contribution in [0.5, 0.6) is 0 Å². The predicted molar refractivity (Wildman–Crippen MR) is 88.7 cm³/mol. The third-order valence-electron chi connectivity index (χ3n) is 4.23. The van der Waals surface area contributed by atoms with Crippen molar-refractivity contribution in [3.63, 3.8) is 0 Å². The van der Waals surface area contributed by atoms with Crippen molar-refractivity contribution in [1.29, 1.82) is 0 Å². The molecule has 0 fully saturated rings. The van der Waals surface area contributed by atoms with Gasteiger partial charge in [0.1, 0.15) is 0 Å². The first-order chi connectivity index (χ1) is 10.2. The minimum absolute atomic E-state index is 0.420. The van der Waals surface area contributed by atoms with Crippen molar-refractivity contribution in [3.05, 3.63) is 72.3 Å². The van der Waals surface area contributed by atoms with E-state index in [-0.39, 0.29) is 0 Å². The first-order valence-electron chi connectivity index (χ1n) is 7.25. The summed E-state index contributed by atoms with van der Waals surface area (Å²) >= 11 is 0. The maximum Gasteiger partial charge on any atom is 0.0761 e. The fourth-order valence-corrected chi connectivity index (χ4v) is 3.02. The van der Waals surface area contributed by atoms with Crippen LogP contribution in [0, 0.1) is 0 Å². The van der Waals surface area contributed by atoms with Gasteiger partial charge in [0.2, 0.25) is 0 Å². The molecule has 4 rings (SSSR count). The maximum absolute atomic E-state index is 9.62. The summed E-state index contributed by atoms with van der Waals surface area (Å²) in [5.74, 6) is 0. The highest BCUT2D eigenvalue weighted by Gasteiger charge is 2.08. The van der Waals surface area contributed by atoms with Gasteiger partial charge in [0, 0.05) is 0 Å². The average Bonchev–Trinajstić information content (AvgIpc) is 2.53. The van der Waals surface area contributed by atoms with Gasteiger partial charge in [-0.05, 0) is 57.3 Å². The monoisotopic (exact) mass is 272 g/mol. The van der Waals surface area contributed by atoms with Crippen molar-refractivity contribution in [3.8, 4) is 11.1 Å². The summed E-state index contributed by atoms with van der Waals surface area (Å²) < 4.78 is 0. The van der Waals surface area contributed by atoms with E-state index in [2.05, 4.69) is 54.6 Å². The Morgan fingerprint density at radius 1 is 0.762 bits per heavy atom. The molecule has 21 heavy (non-hydrogen) atoms. The molecule has 0 saturated heterocycles. The molecular formula is C20H16O. The molecule has 0 heterocycles. The van der Waals surface area contributed by atoms with Crippen molar-refractivity contribution in [2.45, 2.75) is 13.0 Å². The van der Waals surface area contributed by atoms with Crippen LogP contribution in [0.4, 0.5) is 0 Å². The minimum Gasteiger partial charge on any atom is -0.389 e. The summed E-state index contributed by atoms with van der Waals surface area (Å²) in [6.07, 6.45) is -0.420. The third-order valence-corrected chi connectivity index (χ3v) is 4.23. The topological polar surface area (TPSA) is 20.2 Å². The SMILES string of the molecule is CC(O)c1ccc(-c2ccc3cc2c2cccc3c2)cc1. The van der Waals surface area contributed by atoms with Gasteiger partial charge in [-0.15, -0.1) is 0 Å². The molecule has 0 aliphatic rings. The van der Waals surface area contributed by atoms with Gasteiger partial charge in [-0.3, -0.25) is 0 Å². The Morgan fingerprint density at radius 2 is 1.48 bits per heavy atom. The Kier molecular flexibility index (Phi) is 2.69. The summed E-state index contributed by atoms with van der Waals surface area (Å²) in [6.45, 7) is 1.79. The Labute approximate surface area is 123 Å². The molecule has 0 saturated carbocycles. The van der Waals surface area contributed by atoms with Crippen molar-refractivity contribution >= 4 is 21.5 Å². The van der Waals surface area contributed by atoms with Crippen LogP contribution in [0.3, 0.4) is 0 Å². The number of rotatable bonds is 2. The van der Waals surface area contributed by atoms with Crippen LogP contribution in [0.25, 0.3) is 32.7 Å². The lowest BCUT2D eigenvalue weighted by Gasteiger charge is -2.12. The Morgan fingerprint density at radius 3 is 2.24 bits per heavy atom. The van der Waals surface area contributed by atoms with Gasteiger partial charge >= 0.3 is 0 Å². The van der Waals surface area contributed by atoms with Crippen LogP contribution in [-0.4, -0.2) is 5.11 Å². The van der Waals surface area contributed by atoms with E-state index in [0.29, 0.717) is 0 Å². The Balaban J connectivity index is 1.93. The van der Waals surface area contributed by atoms with Crippen LogP contribution >= 0.6 is 0 Å². The second kappa shape index (κ2) is 4.57. The molecule has 1 atom stereocenters. The number of aliphatic hydroxyl groups excluding tert-OH is 1. The van der Waals surface area contributed by atoms with Crippen molar-refractivity contribution < 1.29 is 5.11 Å². The average molecular weight is 272 g/mol. The molecule has 1 unspecified atom stereocenters. The van der Waals surface area contributed by atoms with Gasteiger partial charge in [-0.1, -0.05) is 54.6 Å². The lowest BCUT2D eigenvalue weighted by Crippen LogP contribution is -1.90. The molecule has 1 nitrogen and oxygen atoms in total. The maximum atomic E-state index is 9.62. The molecule has 0 aliphatic carbocycles. The van der Waals surface area contributed by atoms with Crippen molar-refractivity contribution in [1.82, 2.24) is 0 Å². The van der Waals surface area contributed by atoms with Gasteiger partial charge < -0.3 is 5.11 Å². The molecule has 0 amide bonds. The highest BCUT2D eigenvalue weighted by Crippen LogP contribution is 2.33. The lowest BCUT2D eigenvalue weighted by molar-refractivity contribution is 0.199. The zero-order chi connectivity index (χ0) is 14.4. The van der Waals surface area contributed by atoms with E-state index in [1.807, 2.05) is 12.1 Å². The van der Waals surface area contributed by atoms with Crippen LogP contribution in [0.2, 0.25) is 0 Å². The molecule has 1 N–H and O–H groups in total. The van der Waals surface area contributed by atoms with E-state index in [4.69, 9.17) is 0 Å². The van der Waals surface area contributed by atoms with E-state index in [1.54, 1.807) is 6.92 Å². The predicted octanol–water partition coefficient (Wildman–Crippen LogP) is 5.15. The summed E-state index contributed by atoms with van der Waals surface area (Å²) in [6, 6.07) is 23.5. The van der Waals surface area contributed by atoms with E-state index >= 15 is 0 Å². The highest BCUT2D eigenvalue weighted by atomic mass is 16.3. The molecular weight excluding hydrogens is 256 g/mol. The molecule has 0 spiro atoms. The third kappa shape index (κ3) is 1.98. The second-order valence-electron chi connectivity index (χ2n) is 5.64. The van der Waals surface area contributed by atoms with Crippen LogP contribution in [0.15, 0.2) is 66.7 Å². The van der Waals surface area contributed by atoms with Crippen molar-refractivity contribution in [2.75, 3.05) is 0 Å². The first-order valence-corrected chi connectivity index (χ1v) is 7.25. The van der Waals surface area contributed by atoms with Gasteiger partial charge in [-0.2, -0.15) is 0 Å². The fraction of sp³-hybridized carbons (Fsp3) is 0.100. The number of aliphatic hydroxyl groups is 1. The largest absolute Gasteiger partial charge is 0.389 e. The highest BCUT2D eigenvalue weighted by molar-refractivity contribution is 6.06. The van der Waals surface area contributed by atoms with Gasteiger partial charge in [0.05, 0.1) is 6.10 Å². The van der Waals surface area contributed by atoms with Gasteiger partial charge in [0.25, 0.3) is 0 Å². The molecule has 4 aromatic rings. The minimum atomic E-state index is -0.420.